The highest BCUT2D eigenvalue weighted by molar-refractivity contribution is 5.87. The third-order valence-electron chi connectivity index (χ3n) is 1.85. The van der Waals surface area contributed by atoms with Gasteiger partial charge >= 0.3 is 0 Å². The van der Waals surface area contributed by atoms with Crippen molar-refractivity contribution in [3.63, 3.8) is 0 Å². The van der Waals surface area contributed by atoms with Gasteiger partial charge in [0.2, 0.25) is 5.91 Å². The third kappa shape index (κ3) is 2.22. The van der Waals surface area contributed by atoms with Crippen LogP contribution in [0.3, 0.4) is 0 Å². The second-order valence-electron chi connectivity index (χ2n) is 2.87. The number of carbonyl (C=O) groups excluding carboxylic acids is 1. The normalized spacial score (nSPS) is 22.6. The number of amides is 1. The number of hydrogen-bond donors (Lipinski definition) is 1. The van der Waals surface area contributed by atoms with E-state index in [4.69, 9.17) is 0 Å². The summed E-state index contributed by atoms with van der Waals surface area (Å²) in [6.07, 6.45) is 5.54. The van der Waals surface area contributed by atoms with Gasteiger partial charge in [0.1, 0.15) is 0 Å². The summed E-state index contributed by atoms with van der Waals surface area (Å²) >= 11 is 0. The van der Waals surface area contributed by atoms with Gasteiger partial charge in [0.05, 0.1) is 0 Å². The van der Waals surface area contributed by atoms with E-state index in [2.05, 4.69) is 24.9 Å². The minimum absolute atomic E-state index is 0.0825. The minimum atomic E-state index is -0.0825. The predicted octanol–water partition coefficient (Wildman–Crippen LogP) is 1.40. The maximum atomic E-state index is 10.8. The van der Waals surface area contributed by atoms with Crippen LogP contribution in [-0.2, 0) is 4.79 Å². The molecule has 0 bridgehead atoms. The van der Waals surface area contributed by atoms with Gasteiger partial charge in [-0.15, -0.1) is 0 Å². The Bertz CT molecular complexity index is 206. The van der Waals surface area contributed by atoms with Gasteiger partial charge in [0.15, 0.2) is 0 Å². The lowest BCUT2D eigenvalue weighted by Gasteiger charge is -2.06. The molecule has 0 heterocycles. The summed E-state index contributed by atoms with van der Waals surface area (Å²) in [6.45, 7) is 5.47. The largest absolute Gasteiger partial charge is 0.346 e. The first-order valence-electron chi connectivity index (χ1n) is 3.82. The second-order valence-corrected chi connectivity index (χ2v) is 2.87. The van der Waals surface area contributed by atoms with E-state index in [0.717, 1.165) is 12.8 Å². The number of rotatable bonds is 2. The van der Waals surface area contributed by atoms with Gasteiger partial charge in [-0.2, -0.15) is 0 Å². The summed E-state index contributed by atoms with van der Waals surface area (Å²) in [7, 11) is 0. The van der Waals surface area contributed by atoms with Gasteiger partial charge in [-0.3, -0.25) is 4.79 Å². The summed E-state index contributed by atoms with van der Waals surface area (Å²) in [5, 5.41) is 2.83. The lowest BCUT2D eigenvalue weighted by molar-refractivity contribution is -0.116. The van der Waals surface area contributed by atoms with Gasteiger partial charge < -0.3 is 5.32 Å². The second kappa shape index (κ2) is 3.37. The van der Waals surface area contributed by atoms with Crippen molar-refractivity contribution in [3.05, 3.63) is 24.3 Å². The molecule has 2 heteroatoms. The van der Waals surface area contributed by atoms with E-state index >= 15 is 0 Å². The fraction of sp³-hybridized carbons (Fsp3) is 0.444. The molecule has 1 unspecified atom stereocenters. The summed E-state index contributed by atoms with van der Waals surface area (Å²) in [6, 6.07) is 0.237. The van der Waals surface area contributed by atoms with Gasteiger partial charge in [0.25, 0.3) is 0 Å². The summed E-state index contributed by atoms with van der Waals surface area (Å²) in [5.41, 5.74) is 1.36. The first kappa shape index (κ1) is 8.05. The molecule has 1 rings (SSSR count). The zero-order valence-electron chi connectivity index (χ0n) is 6.76. The van der Waals surface area contributed by atoms with Crippen LogP contribution in [0.2, 0.25) is 0 Å². The molecule has 1 atom stereocenters. The van der Waals surface area contributed by atoms with Crippen LogP contribution in [0.1, 0.15) is 19.8 Å². The van der Waals surface area contributed by atoms with E-state index < -0.39 is 0 Å². The highest BCUT2D eigenvalue weighted by Crippen LogP contribution is 2.16. The molecule has 1 aliphatic rings. The van der Waals surface area contributed by atoms with Gasteiger partial charge in [0, 0.05) is 6.04 Å². The van der Waals surface area contributed by atoms with E-state index in [9.17, 15) is 4.79 Å². The molecule has 11 heavy (non-hydrogen) atoms. The van der Waals surface area contributed by atoms with Crippen molar-refractivity contribution in [2.24, 2.45) is 0 Å². The van der Waals surface area contributed by atoms with Crippen LogP contribution in [0, 0.1) is 0 Å². The van der Waals surface area contributed by atoms with Crippen LogP contribution >= 0.6 is 0 Å². The number of carbonyl (C=O) groups is 1. The molecule has 2 nitrogen and oxygen atoms in total. The Kier molecular flexibility index (Phi) is 2.47. The number of hydrogen-bond acceptors (Lipinski definition) is 1. The molecule has 0 aromatic carbocycles. The fourth-order valence-corrected chi connectivity index (χ4v) is 1.25. The SMILES string of the molecule is C=CC(=O)NC1C=C(C)CC1. The molecule has 1 aliphatic carbocycles. The molecule has 0 aromatic heterocycles. The van der Waals surface area contributed by atoms with Crippen LogP contribution in [0.4, 0.5) is 0 Å². The van der Waals surface area contributed by atoms with Crippen LogP contribution in [0.15, 0.2) is 24.3 Å². The standard InChI is InChI=1S/C9H13NO/c1-3-9(11)10-8-5-4-7(2)6-8/h3,6,8H,1,4-5H2,2H3,(H,10,11). The molecule has 0 saturated carbocycles. The average Bonchev–Trinajstić information content (AvgIpc) is 2.35. The Balaban J connectivity index is 2.40. The van der Waals surface area contributed by atoms with Gasteiger partial charge in [-0.1, -0.05) is 18.2 Å². The third-order valence-corrected chi connectivity index (χ3v) is 1.85. The van der Waals surface area contributed by atoms with Crippen molar-refractivity contribution in [2.45, 2.75) is 25.8 Å². The maximum absolute atomic E-state index is 10.8. The lowest BCUT2D eigenvalue weighted by Crippen LogP contribution is -2.30. The molecular weight excluding hydrogens is 138 g/mol. The zero-order valence-corrected chi connectivity index (χ0v) is 6.76. The van der Waals surface area contributed by atoms with Crippen LogP contribution in [0.5, 0.6) is 0 Å². The molecule has 0 saturated heterocycles. The molecule has 0 aromatic rings. The molecular formula is C9H13NO. The highest BCUT2D eigenvalue weighted by Gasteiger charge is 2.13. The molecule has 0 aliphatic heterocycles. The van der Waals surface area contributed by atoms with Crippen molar-refractivity contribution < 1.29 is 4.79 Å². The lowest BCUT2D eigenvalue weighted by atomic mass is 10.2. The first-order valence-corrected chi connectivity index (χ1v) is 3.82. The highest BCUT2D eigenvalue weighted by atomic mass is 16.1. The average molecular weight is 151 g/mol. The first-order chi connectivity index (χ1) is 5.22. The Hall–Kier alpha value is -1.05. The van der Waals surface area contributed by atoms with Crippen LogP contribution < -0.4 is 5.32 Å². The molecule has 60 valence electrons. The Morgan fingerprint density at radius 3 is 3.09 bits per heavy atom. The smallest absolute Gasteiger partial charge is 0.243 e. The molecule has 0 fully saturated rings. The molecule has 0 radical (unpaired) electrons. The number of allylic oxidation sites excluding steroid dienone is 1. The van der Waals surface area contributed by atoms with Crippen molar-refractivity contribution in [2.75, 3.05) is 0 Å². The monoisotopic (exact) mass is 151 g/mol. The van der Waals surface area contributed by atoms with Crippen molar-refractivity contribution >= 4 is 5.91 Å². The van der Waals surface area contributed by atoms with E-state index in [0.29, 0.717) is 0 Å². The van der Waals surface area contributed by atoms with Crippen molar-refractivity contribution in [1.29, 1.82) is 0 Å². The van der Waals surface area contributed by atoms with Crippen LogP contribution in [-0.4, -0.2) is 11.9 Å². The summed E-state index contributed by atoms with van der Waals surface area (Å²) in [4.78, 5) is 10.8. The molecule has 1 N–H and O–H groups in total. The maximum Gasteiger partial charge on any atom is 0.243 e. The Labute approximate surface area is 67.0 Å². The van der Waals surface area contributed by atoms with Crippen LogP contribution in [0.25, 0.3) is 0 Å². The Morgan fingerprint density at radius 1 is 1.91 bits per heavy atom. The van der Waals surface area contributed by atoms with Gasteiger partial charge in [-0.25, -0.2) is 0 Å². The van der Waals surface area contributed by atoms with E-state index in [1.807, 2.05) is 0 Å². The minimum Gasteiger partial charge on any atom is -0.346 e. The predicted molar refractivity (Wildman–Crippen MR) is 45.1 cm³/mol. The molecule has 0 spiro atoms. The summed E-state index contributed by atoms with van der Waals surface area (Å²) < 4.78 is 0. The van der Waals surface area contributed by atoms with Crippen molar-refractivity contribution in [1.82, 2.24) is 5.32 Å². The van der Waals surface area contributed by atoms with Crippen molar-refractivity contribution in [3.8, 4) is 0 Å². The topological polar surface area (TPSA) is 29.1 Å². The van der Waals surface area contributed by atoms with E-state index in [1.54, 1.807) is 0 Å². The number of nitrogens with one attached hydrogen (secondary N) is 1. The van der Waals surface area contributed by atoms with E-state index in [1.165, 1.54) is 11.6 Å². The Morgan fingerprint density at radius 2 is 2.64 bits per heavy atom. The zero-order chi connectivity index (χ0) is 8.27. The fourth-order valence-electron chi connectivity index (χ4n) is 1.25. The molecule has 1 amide bonds. The summed E-state index contributed by atoms with van der Waals surface area (Å²) in [5.74, 6) is -0.0825. The quantitative estimate of drug-likeness (QED) is 0.469. The van der Waals surface area contributed by atoms with Gasteiger partial charge in [-0.05, 0) is 25.8 Å². The van der Waals surface area contributed by atoms with E-state index in [-0.39, 0.29) is 11.9 Å².